The molecule has 0 unspecified atom stereocenters. The molecule has 0 aromatic heterocycles. The summed E-state index contributed by atoms with van der Waals surface area (Å²) in [4.78, 5) is 39.2. The van der Waals surface area contributed by atoms with E-state index in [2.05, 4.69) is 5.32 Å². The third-order valence-electron chi connectivity index (χ3n) is 3.73. The van der Waals surface area contributed by atoms with E-state index in [1.165, 1.54) is 4.90 Å². The number of hydrogen-bond donors (Lipinski definition) is 1. The number of nitrogens with zero attached hydrogens (tertiary/aromatic N) is 2. The molecule has 0 bridgehead atoms. The average Bonchev–Trinajstić information content (AvgIpc) is 2.92. The van der Waals surface area contributed by atoms with E-state index in [0.717, 1.165) is 6.42 Å². The number of halogens is 1. The SMILES string of the molecule is CC(C)NC(=O)CN(C)C(=O)c1ccc(Cl)c(N2CCCC2=O)c1. The summed E-state index contributed by atoms with van der Waals surface area (Å²) in [6.07, 6.45) is 1.27. The standard InChI is InChI=1S/C17H22ClN3O3/c1-11(2)19-15(22)10-20(3)17(24)12-6-7-13(18)14(9-12)21-8-4-5-16(21)23/h6-7,9,11H,4-5,8,10H2,1-3H3,(H,19,22). The number of benzene rings is 1. The number of carbonyl (C=O) groups excluding carboxylic acids is 3. The second-order valence-electron chi connectivity index (χ2n) is 6.20. The van der Waals surface area contributed by atoms with E-state index in [1.54, 1.807) is 30.1 Å². The molecule has 1 aromatic carbocycles. The lowest BCUT2D eigenvalue weighted by atomic mass is 10.1. The van der Waals surface area contributed by atoms with Crippen molar-refractivity contribution in [3.63, 3.8) is 0 Å². The van der Waals surface area contributed by atoms with Gasteiger partial charge in [0.25, 0.3) is 5.91 Å². The Hall–Kier alpha value is -2.08. The van der Waals surface area contributed by atoms with Gasteiger partial charge >= 0.3 is 0 Å². The molecule has 6 nitrogen and oxygen atoms in total. The molecule has 1 aromatic rings. The molecule has 1 fully saturated rings. The van der Waals surface area contributed by atoms with Crippen LogP contribution in [0, 0.1) is 0 Å². The maximum Gasteiger partial charge on any atom is 0.254 e. The fourth-order valence-corrected chi connectivity index (χ4v) is 2.85. The molecule has 0 saturated carbocycles. The number of hydrogen-bond acceptors (Lipinski definition) is 3. The molecule has 0 aliphatic carbocycles. The van der Waals surface area contributed by atoms with Gasteiger partial charge in [-0.2, -0.15) is 0 Å². The number of likely N-dealkylation sites (N-methyl/N-ethyl adjacent to an activating group) is 1. The van der Waals surface area contributed by atoms with Gasteiger partial charge in [-0.1, -0.05) is 11.6 Å². The van der Waals surface area contributed by atoms with E-state index < -0.39 is 0 Å². The normalized spacial score (nSPS) is 14.2. The molecule has 1 heterocycles. The lowest BCUT2D eigenvalue weighted by Gasteiger charge is -2.21. The van der Waals surface area contributed by atoms with Crippen LogP contribution in [0.4, 0.5) is 5.69 Å². The first-order valence-electron chi connectivity index (χ1n) is 7.94. The highest BCUT2D eigenvalue weighted by molar-refractivity contribution is 6.34. The van der Waals surface area contributed by atoms with Crippen LogP contribution in [0.5, 0.6) is 0 Å². The Labute approximate surface area is 146 Å². The third-order valence-corrected chi connectivity index (χ3v) is 4.05. The maximum absolute atomic E-state index is 12.5. The van der Waals surface area contributed by atoms with E-state index in [0.29, 0.717) is 29.2 Å². The lowest BCUT2D eigenvalue weighted by Crippen LogP contribution is -2.40. The number of nitrogens with one attached hydrogen (secondary N) is 1. The predicted molar refractivity (Wildman–Crippen MR) is 93.3 cm³/mol. The fraction of sp³-hybridized carbons (Fsp3) is 0.471. The van der Waals surface area contributed by atoms with Gasteiger partial charge in [-0.15, -0.1) is 0 Å². The summed E-state index contributed by atoms with van der Waals surface area (Å²) in [6.45, 7) is 4.29. The van der Waals surface area contributed by atoms with Crippen LogP contribution in [0.25, 0.3) is 0 Å². The van der Waals surface area contributed by atoms with Gasteiger partial charge < -0.3 is 15.1 Å². The maximum atomic E-state index is 12.5. The van der Waals surface area contributed by atoms with Crippen molar-refractivity contribution in [1.29, 1.82) is 0 Å². The quantitative estimate of drug-likeness (QED) is 0.882. The van der Waals surface area contributed by atoms with Crippen molar-refractivity contribution in [3.8, 4) is 0 Å². The molecule has 2 rings (SSSR count). The van der Waals surface area contributed by atoms with Crippen molar-refractivity contribution < 1.29 is 14.4 Å². The van der Waals surface area contributed by atoms with Gasteiger partial charge in [0.2, 0.25) is 11.8 Å². The van der Waals surface area contributed by atoms with Gasteiger partial charge in [0.15, 0.2) is 0 Å². The largest absolute Gasteiger partial charge is 0.352 e. The molecule has 1 saturated heterocycles. The second kappa shape index (κ2) is 7.66. The summed E-state index contributed by atoms with van der Waals surface area (Å²) in [5.41, 5.74) is 0.944. The second-order valence-corrected chi connectivity index (χ2v) is 6.61. The number of anilines is 1. The summed E-state index contributed by atoms with van der Waals surface area (Å²) in [5, 5.41) is 3.18. The highest BCUT2D eigenvalue weighted by Gasteiger charge is 2.25. The highest BCUT2D eigenvalue weighted by Crippen LogP contribution is 2.30. The van der Waals surface area contributed by atoms with Crippen molar-refractivity contribution >= 4 is 35.0 Å². The molecule has 0 atom stereocenters. The summed E-state index contributed by atoms with van der Waals surface area (Å²) >= 11 is 6.18. The molecule has 1 aliphatic rings. The predicted octanol–water partition coefficient (Wildman–Crippen LogP) is 2.06. The van der Waals surface area contributed by atoms with E-state index >= 15 is 0 Å². The first-order chi connectivity index (χ1) is 11.3. The highest BCUT2D eigenvalue weighted by atomic mass is 35.5. The van der Waals surface area contributed by atoms with Crippen LogP contribution in [-0.4, -0.2) is 48.8 Å². The summed E-state index contributed by atoms with van der Waals surface area (Å²) in [7, 11) is 1.57. The Morgan fingerprint density at radius 3 is 2.67 bits per heavy atom. The number of carbonyl (C=O) groups is 3. The van der Waals surface area contributed by atoms with E-state index in [4.69, 9.17) is 11.6 Å². The van der Waals surface area contributed by atoms with Crippen LogP contribution < -0.4 is 10.2 Å². The number of rotatable bonds is 5. The summed E-state index contributed by atoms with van der Waals surface area (Å²) in [6, 6.07) is 4.85. The van der Waals surface area contributed by atoms with Crippen LogP contribution in [-0.2, 0) is 9.59 Å². The minimum atomic E-state index is -0.293. The third kappa shape index (κ3) is 4.26. The first-order valence-corrected chi connectivity index (χ1v) is 8.32. The molecule has 24 heavy (non-hydrogen) atoms. The van der Waals surface area contributed by atoms with Crippen molar-refractivity contribution in [2.24, 2.45) is 0 Å². The zero-order chi connectivity index (χ0) is 17.9. The average molecular weight is 352 g/mol. The molecule has 1 N–H and O–H groups in total. The molecule has 0 spiro atoms. The number of amides is 3. The Balaban J connectivity index is 2.15. The summed E-state index contributed by atoms with van der Waals surface area (Å²) in [5.74, 6) is -0.505. The van der Waals surface area contributed by atoms with E-state index in [9.17, 15) is 14.4 Å². The lowest BCUT2D eigenvalue weighted by molar-refractivity contribution is -0.122. The molecule has 130 valence electrons. The zero-order valence-electron chi connectivity index (χ0n) is 14.1. The molecule has 1 aliphatic heterocycles. The van der Waals surface area contributed by atoms with Crippen LogP contribution >= 0.6 is 11.6 Å². The van der Waals surface area contributed by atoms with Gasteiger partial charge in [-0.25, -0.2) is 0 Å². The van der Waals surface area contributed by atoms with Crippen molar-refractivity contribution in [1.82, 2.24) is 10.2 Å². The minimum Gasteiger partial charge on any atom is -0.352 e. The molecular formula is C17H22ClN3O3. The van der Waals surface area contributed by atoms with Gasteiger partial charge in [0, 0.05) is 31.6 Å². The van der Waals surface area contributed by atoms with Gasteiger partial charge in [0.05, 0.1) is 17.3 Å². The topological polar surface area (TPSA) is 69.7 Å². The summed E-state index contributed by atoms with van der Waals surface area (Å²) < 4.78 is 0. The van der Waals surface area contributed by atoms with Crippen molar-refractivity contribution in [2.75, 3.05) is 25.0 Å². The molecule has 0 radical (unpaired) electrons. The fourth-order valence-electron chi connectivity index (χ4n) is 2.63. The van der Waals surface area contributed by atoms with Crippen LogP contribution in [0.1, 0.15) is 37.0 Å². The van der Waals surface area contributed by atoms with E-state index in [1.807, 2.05) is 13.8 Å². The minimum absolute atomic E-state index is 0.00571. The Bertz CT molecular complexity index is 660. The first kappa shape index (κ1) is 18.3. The molecule has 7 heteroatoms. The Morgan fingerprint density at radius 1 is 1.38 bits per heavy atom. The van der Waals surface area contributed by atoms with E-state index in [-0.39, 0.29) is 30.3 Å². The smallest absolute Gasteiger partial charge is 0.254 e. The Kier molecular flexibility index (Phi) is 5.83. The van der Waals surface area contributed by atoms with Crippen molar-refractivity contribution in [2.45, 2.75) is 32.7 Å². The Morgan fingerprint density at radius 2 is 2.08 bits per heavy atom. The molecular weight excluding hydrogens is 330 g/mol. The van der Waals surface area contributed by atoms with Crippen LogP contribution in [0.15, 0.2) is 18.2 Å². The van der Waals surface area contributed by atoms with Gasteiger partial charge in [0.1, 0.15) is 0 Å². The monoisotopic (exact) mass is 351 g/mol. The molecule has 3 amide bonds. The van der Waals surface area contributed by atoms with Crippen LogP contribution in [0.2, 0.25) is 5.02 Å². The van der Waals surface area contributed by atoms with Gasteiger partial charge in [-0.3, -0.25) is 14.4 Å². The zero-order valence-corrected chi connectivity index (χ0v) is 14.9. The van der Waals surface area contributed by atoms with Crippen molar-refractivity contribution in [3.05, 3.63) is 28.8 Å². The van der Waals surface area contributed by atoms with Gasteiger partial charge in [-0.05, 0) is 38.5 Å². The van der Waals surface area contributed by atoms with Crippen LogP contribution in [0.3, 0.4) is 0 Å².